The van der Waals surface area contributed by atoms with E-state index in [1.165, 1.54) is 29.7 Å². The average molecular weight is 301 g/mol. The minimum absolute atomic E-state index is 0. The molecule has 3 rings (SSSR count). The number of likely N-dealkylation sites (N-methyl/N-ethyl adjacent to an activating group) is 1. The minimum atomic E-state index is 0. The molecule has 1 aromatic rings. The Balaban J connectivity index is 0.00000133. The molecule has 1 unspecified atom stereocenters. The van der Waals surface area contributed by atoms with Crippen LogP contribution in [0, 0.1) is 0 Å². The predicted molar refractivity (Wildman–Crippen MR) is 81.6 cm³/mol. The lowest BCUT2D eigenvalue weighted by Gasteiger charge is -2.15. The number of aryl methyl sites for hydroxylation is 2. The van der Waals surface area contributed by atoms with Crippen molar-refractivity contribution in [3.05, 3.63) is 21.4 Å². The zero-order valence-corrected chi connectivity index (χ0v) is 12.9. The van der Waals surface area contributed by atoms with Crippen molar-refractivity contribution in [1.82, 2.24) is 10.2 Å². The Morgan fingerprint density at radius 3 is 2.89 bits per heavy atom. The van der Waals surface area contributed by atoms with Crippen LogP contribution in [-0.4, -0.2) is 37.0 Å². The molecule has 1 aromatic heterocycles. The van der Waals surface area contributed by atoms with Crippen molar-refractivity contribution in [1.29, 1.82) is 0 Å². The fourth-order valence-electron chi connectivity index (χ4n) is 2.93. The molecule has 1 atom stereocenters. The molecule has 0 aromatic carbocycles. The smallest absolute Gasteiger partial charge is 0.263 e. The number of likely N-dealkylation sites (tertiary alicyclic amines) is 1. The quantitative estimate of drug-likeness (QED) is 0.910. The lowest BCUT2D eigenvalue weighted by molar-refractivity contribution is 0.0794. The van der Waals surface area contributed by atoms with Gasteiger partial charge in [-0.15, -0.1) is 23.7 Å². The number of hydrogen-bond acceptors (Lipinski definition) is 3. The van der Waals surface area contributed by atoms with E-state index in [9.17, 15) is 4.79 Å². The second-order valence-corrected chi connectivity index (χ2v) is 6.43. The first-order chi connectivity index (χ1) is 8.78. The van der Waals surface area contributed by atoms with Gasteiger partial charge in [0.05, 0.1) is 4.88 Å². The molecule has 1 amide bonds. The maximum Gasteiger partial charge on any atom is 0.263 e. The molecule has 0 bridgehead atoms. The maximum absolute atomic E-state index is 12.4. The number of halogens is 1. The van der Waals surface area contributed by atoms with E-state index in [2.05, 4.69) is 11.4 Å². The van der Waals surface area contributed by atoms with Crippen molar-refractivity contribution in [2.75, 3.05) is 20.1 Å². The topological polar surface area (TPSA) is 32.3 Å². The Kier molecular flexibility index (Phi) is 4.87. The number of hydrogen-bond donors (Lipinski definition) is 1. The van der Waals surface area contributed by atoms with Crippen molar-refractivity contribution in [2.24, 2.45) is 0 Å². The predicted octanol–water partition coefficient (Wildman–Crippen LogP) is 2.48. The van der Waals surface area contributed by atoms with Crippen LogP contribution in [0.1, 0.15) is 39.4 Å². The van der Waals surface area contributed by atoms with E-state index in [1.54, 1.807) is 11.3 Å². The highest BCUT2D eigenvalue weighted by atomic mass is 35.5. The Morgan fingerprint density at radius 1 is 1.42 bits per heavy atom. The number of carbonyl (C=O) groups is 1. The van der Waals surface area contributed by atoms with Gasteiger partial charge in [-0.1, -0.05) is 0 Å². The first-order valence-corrected chi connectivity index (χ1v) is 7.67. The molecular formula is C14H21ClN2OS. The van der Waals surface area contributed by atoms with Crippen LogP contribution in [0.25, 0.3) is 0 Å². The van der Waals surface area contributed by atoms with Gasteiger partial charge in [0.15, 0.2) is 0 Å². The second kappa shape index (κ2) is 6.25. The lowest BCUT2D eigenvalue weighted by Crippen LogP contribution is -2.33. The van der Waals surface area contributed by atoms with Crippen LogP contribution < -0.4 is 5.32 Å². The Hall–Kier alpha value is -0.580. The minimum Gasteiger partial charge on any atom is -0.336 e. The van der Waals surface area contributed by atoms with Crippen molar-refractivity contribution in [3.63, 3.8) is 0 Å². The highest BCUT2D eigenvalue weighted by Crippen LogP contribution is 2.30. The van der Waals surface area contributed by atoms with Gasteiger partial charge >= 0.3 is 0 Å². The number of nitrogens with one attached hydrogen (secondary N) is 1. The zero-order valence-electron chi connectivity index (χ0n) is 11.3. The summed E-state index contributed by atoms with van der Waals surface area (Å²) in [5.74, 6) is 0.243. The molecule has 1 N–H and O–H groups in total. The first kappa shape index (κ1) is 14.8. The summed E-state index contributed by atoms with van der Waals surface area (Å²) in [5, 5.41) is 3.26. The molecule has 2 heterocycles. The van der Waals surface area contributed by atoms with Gasteiger partial charge in [0.1, 0.15) is 0 Å². The van der Waals surface area contributed by atoms with Gasteiger partial charge in [0.25, 0.3) is 5.91 Å². The van der Waals surface area contributed by atoms with Crippen LogP contribution in [-0.2, 0) is 12.8 Å². The summed E-state index contributed by atoms with van der Waals surface area (Å²) in [7, 11) is 1.97. The fourth-order valence-corrected chi connectivity index (χ4v) is 4.15. The van der Waals surface area contributed by atoms with Crippen molar-refractivity contribution < 1.29 is 4.79 Å². The third-order valence-electron chi connectivity index (χ3n) is 4.09. The van der Waals surface area contributed by atoms with Crippen LogP contribution in [0.3, 0.4) is 0 Å². The third-order valence-corrected chi connectivity index (χ3v) is 5.32. The van der Waals surface area contributed by atoms with E-state index < -0.39 is 0 Å². The number of rotatable bonds is 2. The first-order valence-electron chi connectivity index (χ1n) is 6.86. The number of thiophene rings is 1. The maximum atomic E-state index is 12.4. The van der Waals surface area contributed by atoms with Crippen LogP contribution in [0.4, 0.5) is 0 Å². The molecule has 0 saturated carbocycles. The van der Waals surface area contributed by atoms with Crippen LogP contribution in [0.2, 0.25) is 0 Å². The summed E-state index contributed by atoms with van der Waals surface area (Å²) in [6, 6.07) is 2.62. The number of amides is 1. The summed E-state index contributed by atoms with van der Waals surface area (Å²) in [6.45, 7) is 1.75. The molecule has 3 nitrogen and oxygen atoms in total. The SMILES string of the molecule is CNC1CCN(C(=O)c2cc3c(s2)CCCC3)C1.Cl. The number of fused-ring (bicyclic) bond motifs is 1. The average Bonchev–Trinajstić information content (AvgIpc) is 3.04. The van der Waals surface area contributed by atoms with Crippen LogP contribution in [0.5, 0.6) is 0 Å². The van der Waals surface area contributed by atoms with Gasteiger partial charge in [-0.25, -0.2) is 0 Å². The number of carbonyl (C=O) groups excluding carboxylic acids is 1. The standard InChI is InChI=1S/C14H20N2OS.ClH/c1-15-11-6-7-16(9-11)14(17)13-8-10-4-2-3-5-12(10)18-13;/h8,11,15H,2-7,9H2,1H3;1H. The molecule has 1 fully saturated rings. The largest absolute Gasteiger partial charge is 0.336 e. The van der Waals surface area contributed by atoms with E-state index >= 15 is 0 Å². The van der Waals surface area contributed by atoms with Crippen LogP contribution >= 0.6 is 23.7 Å². The molecule has 1 aliphatic heterocycles. The van der Waals surface area contributed by atoms with E-state index in [0.29, 0.717) is 6.04 Å². The molecule has 1 aliphatic carbocycles. The summed E-state index contributed by atoms with van der Waals surface area (Å²) in [6.07, 6.45) is 5.98. The molecule has 1 saturated heterocycles. The third kappa shape index (κ3) is 2.96. The van der Waals surface area contributed by atoms with Gasteiger partial charge in [-0.2, -0.15) is 0 Å². The molecule has 19 heavy (non-hydrogen) atoms. The Labute approximate surface area is 124 Å². The van der Waals surface area contributed by atoms with Gasteiger partial charge in [0.2, 0.25) is 0 Å². The zero-order chi connectivity index (χ0) is 12.5. The second-order valence-electron chi connectivity index (χ2n) is 5.29. The highest BCUT2D eigenvalue weighted by molar-refractivity contribution is 7.14. The van der Waals surface area contributed by atoms with Gasteiger partial charge < -0.3 is 10.2 Å². The van der Waals surface area contributed by atoms with Gasteiger partial charge in [-0.05, 0) is 50.8 Å². The van der Waals surface area contributed by atoms with Crippen molar-refractivity contribution in [2.45, 2.75) is 38.1 Å². The van der Waals surface area contributed by atoms with Crippen LogP contribution in [0.15, 0.2) is 6.07 Å². The summed E-state index contributed by atoms with van der Waals surface area (Å²) in [5.41, 5.74) is 1.43. The lowest BCUT2D eigenvalue weighted by atomic mass is 9.99. The van der Waals surface area contributed by atoms with Gasteiger partial charge in [0, 0.05) is 24.0 Å². The Morgan fingerprint density at radius 2 is 2.21 bits per heavy atom. The van der Waals surface area contributed by atoms with E-state index in [-0.39, 0.29) is 18.3 Å². The van der Waals surface area contributed by atoms with Crippen molar-refractivity contribution >= 4 is 29.7 Å². The normalized spacial score (nSPS) is 21.9. The molecule has 0 radical (unpaired) electrons. The fraction of sp³-hybridized carbons (Fsp3) is 0.643. The van der Waals surface area contributed by atoms with E-state index in [4.69, 9.17) is 0 Å². The molecule has 106 valence electrons. The highest BCUT2D eigenvalue weighted by Gasteiger charge is 2.27. The molecule has 5 heteroatoms. The van der Waals surface area contributed by atoms with Crippen molar-refractivity contribution in [3.8, 4) is 0 Å². The summed E-state index contributed by atoms with van der Waals surface area (Å²) < 4.78 is 0. The summed E-state index contributed by atoms with van der Waals surface area (Å²) >= 11 is 1.73. The monoisotopic (exact) mass is 300 g/mol. The Bertz CT molecular complexity index is 437. The summed E-state index contributed by atoms with van der Waals surface area (Å²) in [4.78, 5) is 16.8. The number of nitrogens with zero attached hydrogens (tertiary/aromatic N) is 1. The van der Waals surface area contributed by atoms with Gasteiger partial charge in [-0.3, -0.25) is 4.79 Å². The molecular weight excluding hydrogens is 280 g/mol. The van der Waals surface area contributed by atoms with E-state index in [0.717, 1.165) is 30.8 Å². The molecule has 0 spiro atoms. The van der Waals surface area contributed by atoms with E-state index in [1.807, 2.05) is 11.9 Å². The molecule has 2 aliphatic rings.